The van der Waals surface area contributed by atoms with Gasteiger partial charge >= 0.3 is 5.97 Å². The van der Waals surface area contributed by atoms with Gasteiger partial charge in [-0.1, -0.05) is 0 Å². The van der Waals surface area contributed by atoms with Gasteiger partial charge in [-0.2, -0.15) is 0 Å². The van der Waals surface area contributed by atoms with Crippen molar-refractivity contribution >= 4 is 5.97 Å². The number of hydrogen-bond donors (Lipinski definition) is 0. The smallest absolute Gasteiger partial charge is 0.335 e. The van der Waals surface area contributed by atoms with Gasteiger partial charge in [0.15, 0.2) is 6.10 Å². The zero-order valence-corrected chi connectivity index (χ0v) is 6.13. The lowest BCUT2D eigenvalue weighted by Gasteiger charge is -2.06. The van der Waals surface area contributed by atoms with Gasteiger partial charge < -0.3 is 9.47 Å². The first-order chi connectivity index (χ1) is 4.84. The van der Waals surface area contributed by atoms with E-state index in [4.69, 9.17) is 9.47 Å². The molecule has 0 saturated carbocycles. The lowest BCUT2D eigenvalue weighted by molar-refractivity contribution is -0.153. The highest BCUT2D eigenvalue weighted by atomic mass is 16.6. The molecule has 3 nitrogen and oxygen atoms in total. The molecule has 1 aliphatic heterocycles. The Hall–Kier alpha value is -0.570. The molecule has 0 unspecified atom stereocenters. The Kier molecular flexibility index (Phi) is 2.68. The van der Waals surface area contributed by atoms with Gasteiger partial charge in [0, 0.05) is 6.61 Å². The third kappa shape index (κ3) is 1.70. The van der Waals surface area contributed by atoms with Gasteiger partial charge in [0.1, 0.15) is 0 Å². The average molecular weight is 144 g/mol. The number of carbonyl (C=O) groups is 1. The van der Waals surface area contributed by atoms with Crippen LogP contribution < -0.4 is 0 Å². The largest absolute Gasteiger partial charge is 0.464 e. The van der Waals surface area contributed by atoms with Gasteiger partial charge in [0.2, 0.25) is 0 Å². The molecule has 0 aromatic rings. The maximum absolute atomic E-state index is 10.9. The third-order valence-corrected chi connectivity index (χ3v) is 1.48. The van der Waals surface area contributed by atoms with Crippen LogP contribution in [-0.2, 0) is 14.3 Å². The fourth-order valence-electron chi connectivity index (χ4n) is 0.999. The van der Waals surface area contributed by atoms with Crippen molar-refractivity contribution in [3.05, 3.63) is 0 Å². The van der Waals surface area contributed by atoms with E-state index in [1.807, 2.05) is 0 Å². The molecule has 1 saturated heterocycles. The van der Waals surface area contributed by atoms with E-state index >= 15 is 0 Å². The summed E-state index contributed by atoms with van der Waals surface area (Å²) in [5.41, 5.74) is 0. The minimum absolute atomic E-state index is 0.208. The highest BCUT2D eigenvalue weighted by Crippen LogP contribution is 2.12. The molecule has 1 fully saturated rings. The molecule has 0 spiro atoms. The SMILES string of the molecule is CCOC(=O)[C@H]1CCCO1. The second kappa shape index (κ2) is 3.56. The molecule has 1 aliphatic rings. The summed E-state index contributed by atoms with van der Waals surface area (Å²) in [6.07, 6.45) is 1.52. The number of ether oxygens (including phenoxy) is 2. The van der Waals surface area contributed by atoms with Crippen molar-refractivity contribution in [1.29, 1.82) is 0 Å². The molecule has 0 amide bonds. The summed E-state index contributed by atoms with van der Waals surface area (Å²) in [6.45, 7) is 2.94. The maximum Gasteiger partial charge on any atom is 0.335 e. The molecule has 1 rings (SSSR count). The van der Waals surface area contributed by atoms with Gasteiger partial charge in [-0.25, -0.2) is 4.79 Å². The molecule has 0 aromatic heterocycles. The first-order valence-electron chi connectivity index (χ1n) is 3.63. The van der Waals surface area contributed by atoms with Crippen LogP contribution in [0.3, 0.4) is 0 Å². The first kappa shape index (κ1) is 7.54. The summed E-state index contributed by atoms with van der Waals surface area (Å²) in [6, 6.07) is 0. The van der Waals surface area contributed by atoms with Crippen LogP contribution in [0.15, 0.2) is 0 Å². The van der Waals surface area contributed by atoms with Crippen LogP contribution in [0.5, 0.6) is 0 Å². The van der Waals surface area contributed by atoms with Crippen LogP contribution in [0.25, 0.3) is 0 Å². The van der Waals surface area contributed by atoms with Gasteiger partial charge in [0.05, 0.1) is 6.61 Å². The highest BCUT2D eigenvalue weighted by Gasteiger charge is 2.24. The monoisotopic (exact) mass is 144 g/mol. The molecule has 0 N–H and O–H groups in total. The summed E-state index contributed by atoms with van der Waals surface area (Å²) in [5, 5.41) is 0. The molecule has 58 valence electrons. The zero-order chi connectivity index (χ0) is 7.40. The van der Waals surface area contributed by atoms with Crippen LogP contribution in [0.4, 0.5) is 0 Å². The second-order valence-electron chi connectivity index (χ2n) is 2.25. The van der Waals surface area contributed by atoms with E-state index in [1.54, 1.807) is 6.92 Å². The molecule has 0 aromatic carbocycles. The highest BCUT2D eigenvalue weighted by molar-refractivity contribution is 5.74. The van der Waals surface area contributed by atoms with Crippen LogP contribution in [0.1, 0.15) is 19.8 Å². The third-order valence-electron chi connectivity index (χ3n) is 1.48. The predicted octanol–water partition coefficient (Wildman–Crippen LogP) is 0.728. The van der Waals surface area contributed by atoms with Gasteiger partial charge in [-0.3, -0.25) is 0 Å². The van der Waals surface area contributed by atoms with Gasteiger partial charge in [-0.05, 0) is 19.8 Å². The van der Waals surface area contributed by atoms with Gasteiger partial charge in [0.25, 0.3) is 0 Å². The van der Waals surface area contributed by atoms with Crippen molar-refractivity contribution in [2.24, 2.45) is 0 Å². The maximum atomic E-state index is 10.9. The molecule has 10 heavy (non-hydrogen) atoms. The van der Waals surface area contributed by atoms with E-state index in [9.17, 15) is 4.79 Å². The van der Waals surface area contributed by atoms with E-state index in [-0.39, 0.29) is 12.1 Å². The Balaban J connectivity index is 2.25. The number of esters is 1. The first-order valence-corrected chi connectivity index (χ1v) is 3.63. The molecule has 1 atom stereocenters. The van der Waals surface area contributed by atoms with E-state index in [2.05, 4.69) is 0 Å². The zero-order valence-electron chi connectivity index (χ0n) is 6.13. The fourth-order valence-corrected chi connectivity index (χ4v) is 0.999. The van der Waals surface area contributed by atoms with Crippen LogP contribution in [0, 0.1) is 0 Å². The summed E-state index contributed by atoms with van der Waals surface area (Å²) in [5.74, 6) is -0.208. The second-order valence-corrected chi connectivity index (χ2v) is 2.25. The van der Waals surface area contributed by atoms with Crippen molar-refractivity contribution in [3.63, 3.8) is 0 Å². The van der Waals surface area contributed by atoms with Crippen molar-refractivity contribution in [1.82, 2.24) is 0 Å². The summed E-state index contributed by atoms with van der Waals surface area (Å²) in [4.78, 5) is 10.9. The Morgan fingerprint density at radius 2 is 2.60 bits per heavy atom. The van der Waals surface area contributed by atoms with E-state index in [1.165, 1.54) is 0 Å². The molecular formula is C7H12O3. The van der Waals surface area contributed by atoms with E-state index in [0.29, 0.717) is 13.2 Å². The topological polar surface area (TPSA) is 35.5 Å². The molecule has 0 bridgehead atoms. The minimum atomic E-state index is -0.278. The van der Waals surface area contributed by atoms with Gasteiger partial charge in [-0.15, -0.1) is 0 Å². The summed E-state index contributed by atoms with van der Waals surface area (Å²) < 4.78 is 9.85. The minimum Gasteiger partial charge on any atom is -0.464 e. The van der Waals surface area contributed by atoms with E-state index < -0.39 is 0 Å². The van der Waals surface area contributed by atoms with Crippen LogP contribution in [0.2, 0.25) is 0 Å². The van der Waals surface area contributed by atoms with E-state index in [0.717, 1.165) is 12.8 Å². The van der Waals surface area contributed by atoms with Crippen molar-refractivity contribution in [3.8, 4) is 0 Å². The summed E-state index contributed by atoms with van der Waals surface area (Å²) in [7, 11) is 0. The molecule has 0 aliphatic carbocycles. The number of rotatable bonds is 2. The van der Waals surface area contributed by atoms with Crippen molar-refractivity contribution < 1.29 is 14.3 Å². The van der Waals surface area contributed by atoms with Crippen LogP contribution >= 0.6 is 0 Å². The molecule has 3 heteroatoms. The lowest BCUT2D eigenvalue weighted by Crippen LogP contribution is -2.21. The Bertz CT molecular complexity index is 116. The standard InChI is InChI=1S/C7H12O3/c1-2-9-7(8)6-4-3-5-10-6/h6H,2-5H2,1H3/t6-/m1/s1. The predicted molar refractivity (Wildman–Crippen MR) is 35.6 cm³/mol. The lowest BCUT2D eigenvalue weighted by atomic mass is 10.2. The molecule has 0 radical (unpaired) electrons. The quantitative estimate of drug-likeness (QED) is 0.536. The van der Waals surface area contributed by atoms with Crippen molar-refractivity contribution in [2.45, 2.75) is 25.9 Å². The number of hydrogen-bond acceptors (Lipinski definition) is 3. The average Bonchev–Trinajstić information content (AvgIpc) is 2.38. The number of carbonyl (C=O) groups excluding carboxylic acids is 1. The van der Waals surface area contributed by atoms with Crippen molar-refractivity contribution in [2.75, 3.05) is 13.2 Å². The summed E-state index contributed by atoms with van der Waals surface area (Å²) >= 11 is 0. The van der Waals surface area contributed by atoms with Crippen LogP contribution in [-0.4, -0.2) is 25.3 Å². The Morgan fingerprint density at radius 1 is 1.80 bits per heavy atom. The fraction of sp³-hybridized carbons (Fsp3) is 0.857. The Morgan fingerprint density at radius 3 is 3.10 bits per heavy atom. The molecule has 1 heterocycles. The molecular weight excluding hydrogens is 132 g/mol. The Labute approximate surface area is 60.3 Å². The normalized spacial score (nSPS) is 24.7.